The van der Waals surface area contributed by atoms with Gasteiger partial charge in [0.25, 0.3) is 0 Å². The number of nitrogens with two attached hydrogens (primary N) is 1. The molecule has 2 rings (SSSR count). The zero-order valence-corrected chi connectivity index (χ0v) is 11.6. The van der Waals surface area contributed by atoms with Gasteiger partial charge in [-0.25, -0.2) is 0 Å². The van der Waals surface area contributed by atoms with Crippen molar-refractivity contribution in [2.24, 2.45) is 5.73 Å². The van der Waals surface area contributed by atoms with E-state index in [0.29, 0.717) is 11.8 Å². The standard InChI is InChI=1S/C14H12BrNO3/c15-10-2-3-11-8(5-10)1-4-12(18)14(11)9(7-17)6-13(16)19/h1-5,7,9,18H,6H2,(H2,16,19). The zero-order valence-electron chi connectivity index (χ0n) is 9.97. The van der Waals surface area contributed by atoms with Crippen LogP contribution in [0.3, 0.4) is 0 Å². The number of aldehydes is 1. The zero-order chi connectivity index (χ0) is 14.0. The monoisotopic (exact) mass is 321 g/mol. The van der Waals surface area contributed by atoms with Crippen molar-refractivity contribution in [3.8, 4) is 5.75 Å². The number of primary amides is 1. The van der Waals surface area contributed by atoms with Gasteiger partial charge in [0.1, 0.15) is 12.0 Å². The summed E-state index contributed by atoms with van der Waals surface area (Å²) in [4.78, 5) is 22.2. The van der Waals surface area contributed by atoms with Crippen LogP contribution in [0.5, 0.6) is 5.75 Å². The molecule has 1 unspecified atom stereocenters. The first-order valence-corrected chi connectivity index (χ1v) is 6.47. The molecule has 1 atom stereocenters. The Bertz CT molecular complexity index is 654. The minimum absolute atomic E-state index is 0.00632. The van der Waals surface area contributed by atoms with Gasteiger partial charge in [-0.05, 0) is 29.0 Å². The summed E-state index contributed by atoms with van der Waals surface area (Å²) in [7, 11) is 0. The highest BCUT2D eigenvalue weighted by Gasteiger charge is 2.20. The molecule has 2 aromatic carbocycles. The normalized spacial score (nSPS) is 12.3. The summed E-state index contributed by atoms with van der Waals surface area (Å²) in [5.41, 5.74) is 5.58. The van der Waals surface area contributed by atoms with Crippen LogP contribution in [0.25, 0.3) is 10.8 Å². The highest BCUT2D eigenvalue weighted by molar-refractivity contribution is 9.10. The number of amides is 1. The van der Waals surface area contributed by atoms with Crippen molar-refractivity contribution in [2.75, 3.05) is 0 Å². The number of aromatic hydroxyl groups is 1. The Morgan fingerprint density at radius 3 is 2.74 bits per heavy atom. The summed E-state index contributed by atoms with van der Waals surface area (Å²) in [6.45, 7) is 0. The number of benzene rings is 2. The fraction of sp³-hybridized carbons (Fsp3) is 0.143. The number of carbonyl (C=O) groups is 2. The van der Waals surface area contributed by atoms with Crippen molar-refractivity contribution in [1.29, 1.82) is 0 Å². The van der Waals surface area contributed by atoms with Crippen LogP contribution in [0, 0.1) is 0 Å². The molecule has 0 aliphatic heterocycles. The Labute approximate surface area is 118 Å². The van der Waals surface area contributed by atoms with Crippen LogP contribution in [-0.2, 0) is 9.59 Å². The van der Waals surface area contributed by atoms with Crippen LogP contribution in [0.4, 0.5) is 0 Å². The first-order chi connectivity index (χ1) is 9.02. The second kappa shape index (κ2) is 5.40. The SMILES string of the molecule is NC(=O)CC(C=O)c1c(O)ccc2cc(Br)ccc12. The largest absolute Gasteiger partial charge is 0.508 e. The van der Waals surface area contributed by atoms with Crippen LogP contribution >= 0.6 is 15.9 Å². The molecule has 0 aliphatic carbocycles. The van der Waals surface area contributed by atoms with E-state index in [2.05, 4.69) is 15.9 Å². The maximum atomic E-state index is 11.2. The van der Waals surface area contributed by atoms with Gasteiger partial charge in [-0.3, -0.25) is 4.79 Å². The molecular weight excluding hydrogens is 310 g/mol. The topological polar surface area (TPSA) is 80.4 Å². The molecule has 0 spiro atoms. The minimum atomic E-state index is -0.734. The van der Waals surface area contributed by atoms with Crippen LogP contribution in [0.15, 0.2) is 34.8 Å². The molecule has 0 saturated carbocycles. The number of phenolic OH excluding ortho intramolecular Hbond substituents is 1. The molecule has 0 heterocycles. The summed E-state index contributed by atoms with van der Waals surface area (Å²) in [6, 6.07) is 8.76. The average Bonchev–Trinajstić information content (AvgIpc) is 2.36. The van der Waals surface area contributed by atoms with Crippen LogP contribution in [0.2, 0.25) is 0 Å². The first-order valence-electron chi connectivity index (χ1n) is 5.67. The third kappa shape index (κ3) is 2.76. The van der Waals surface area contributed by atoms with Gasteiger partial charge in [0.15, 0.2) is 0 Å². The van der Waals surface area contributed by atoms with Crippen molar-refractivity contribution in [1.82, 2.24) is 0 Å². The Morgan fingerprint density at radius 1 is 1.37 bits per heavy atom. The molecule has 3 N–H and O–H groups in total. The van der Waals surface area contributed by atoms with Gasteiger partial charge < -0.3 is 15.6 Å². The van der Waals surface area contributed by atoms with E-state index in [1.807, 2.05) is 12.1 Å². The highest BCUT2D eigenvalue weighted by Crippen LogP contribution is 2.35. The van der Waals surface area contributed by atoms with E-state index in [0.717, 1.165) is 15.2 Å². The lowest BCUT2D eigenvalue weighted by molar-refractivity contribution is -0.120. The van der Waals surface area contributed by atoms with E-state index in [4.69, 9.17) is 5.73 Å². The minimum Gasteiger partial charge on any atom is -0.508 e. The second-order valence-electron chi connectivity index (χ2n) is 4.28. The molecule has 0 fully saturated rings. The molecule has 5 heteroatoms. The summed E-state index contributed by atoms with van der Waals surface area (Å²) < 4.78 is 0.897. The molecule has 0 saturated heterocycles. The maximum Gasteiger partial charge on any atom is 0.218 e. The number of fused-ring (bicyclic) bond motifs is 1. The first kappa shape index (κ1) is 13.5. The van der Waals surface area contributed by atoms with Gasteiger partial charge in [0.05, 0.1) is 5.92 Å². The predicted molar refractivity (Wildman–Crippen MR) is 75.9 cm³/mol. The molecule has 98 valence electrons. The van der Waals surface area contributed by atoms with Gasteiger partial charge in [0.2, 0.25) is 5.91 Å². The maximum absolute atomic E-state index is 11.2. The fourth-order valence-electron chi connectivity index (χ4n) is 2.14. The Hall–Kier alpha value is -1.88. The van der Waals surface area contributed by atoms with E-state index < -0.39 is 11.8 Å². The third-order valence-corrected chi connectivity index (χ3v) is 3.45. The molecule has 4 nitrogen and oxygen atoms in total. The smallest absolute Gasteiger partial charge is 0.218 e. The molecule has 0 bridgehead atoms. The van der Waals surface area contributed by atoms with Gasteiger partial charge in [-0.1, -0.05) is 28.1 Å². The van der Waals surface area contributed by atoms with Crippen molar-refractivity contribution < 1.29 is 14.7 Å². The van der Waals surface area contributed by atoms with E-state index in [-0.39, 0.29) is 12.2 Å². The molecule has 2 aromatic rings. The number of carbonyl (C=O) groups excluding carboxylic acids is 2. The summed E-state index contributed by atoms with van der Waals surface area (Å²) in [6.07, 6.45) is 0.521. The van der Waals surface area contributed by atoms with Crippen molar-refractivity contribution in [3.05, 3.63) is 40.4 Å². The molecule has 0 aliphatic rings. The lowest BCUT2D eigenvalue weighted by atomic mass is 9.91. The van der Waals surface area contributed by atoms with Crippen molar-refractivity contribution in [2.45, 2.75) is 12.3 Å². The summed E-state index contributed by atoms with van der Waals surface area (Å²) in [5.74, 6) is -1.32. The molecule has 0 aromatic heterocycles. The van der Waals surface area contributed by atoms with Gasteiger partial charge in [0, 0.05) is 16.5 Å². The number of halogens is 1. The summed E-state index contributed by atoms with van der Waals surface area (Å²) >= 11 is 3.36. The molecule has 0 radical (unpaired) electrons. The quantitative estimate of drug-likeness (QED) is 0.849. The molecule has 19 heavy (non-hydrogen) atoms. The number of rotatable bonds is 4. The lowest BCUT2D eigenvalue weighted by Gasteiger charge is -2.14. The van der Waals surface area contributed by atoms with Crippen LogP contribution < -0.4 is 5.73 Å². The highest BCUT2D eigenvalue weighted by atomic mass is 79.9. The van der Waals surface area contributed by atoms with Gasteiger partial charge in [-0.2, -0.15) is 0 Å². The number of hydrogen-bond donors (Lipinski definition) is 2. The molecular formula is C14H12BrNO3. The number of hydrogen-bond acceptors (Lipinski definition) is 3. The van der Waals surface area contributed by atoms with Gasteiger partial charge in [-0.15, -0.1) is 0 Å². The average molecular weight is 322 g/mol. The van der Waals surface area contributed by atoms with Crippen LogP contribution in [-0.4, -0.2) is 17.3 Å². The Kier molecular flexibility index (Phi) is 3.85. The van der Waals surface area contributed by atoms with Gasteiger partial charge >= 0.3 is 0 Å². The van der Waals surface area contributed by atoms with E-state index in [1.165, 1.54) is 6.07 Å². The fourth-order valence-corrected chi connectivity index (χ4v) is 2.52. The lowest BCUT2D eigenvalue weighted by Crippen LogP contribution is -2.16. The van der Waals surface area contributed by atoms with Crippen molar-refractivity contribution >= 4 is 38.9 Å². The van der Waals surface area contributed by atoms with E-state index in [1.54, 1.807) is 12.1 Å². The Morgan fingerprint density at radius 2 is 2.11 bits per heavy atom. The summed E-state index contributed by atoms with van der Waals surface area (Å²) in [5, 5.41) is 11.6. The predicted octanol–water partition coefficient (Wildman–Crippen LogP) is 2.47. The molecule has 1 amide bonds. The van der Waals surface area contributed by atoms with Crippen LogP contribution in [0.1, 0.15) is 17.9 Å². The second-order valence-corrected chi connectivity index (χ2v) is 5.19. The van der Waals surface area contributed by atoms with Crippen molar-refractivity contribution in [3.63, 3.8) is 0 Å². The van der Waals surface area contributed by atoms with E-state index >= 15 is 0 Å². The van der Waals surface area contributed by atoms with E-state index in [9.17, 15) is 14.7 Å². The Balaban J connectivity index is 2.66. The number of phenols is 1. The third-order valence-electron chi connectivity index (χ3n) is 2.96.